The Morgan fingerprint density at radius 3 is 2.83 bits per heavy atom. The Balaban J connectivity index is 1.67. The molecule has 0 bridgehead atoms. The van der Waals surface area contributed by atoms with E-state index >= 15 is 0 Å². The van der Waals surface area contributed by atoms with E-state index in [1.165, 1.54) is 11.3 Å². The number of nitrogens with one attached hydrogen (secondary N) is 1. The van der Waals surface area contributed by atoms with E-state index in [9.17, 15) is 9.59 Å². The Labute approximate surface area is 143 Å². The number of carbonyl (C=O) groups excluding carboxylic acids is 2. The minimum atomic E-state index is -1.04. The standard InChI is InChI=1S/C17H15N3O3S/c1-17(13-6-9-24-11-13)15(21)20(16(22)19-17)7-8-23-14-5-3-2-4-12(14)10-18/h2-6,9,11H,7-8H2,1H3,(H,19,22)/t17-/m0/s1. The lowest BCUT2D eigenvalue weighted by Crippen LogP contribution is -2.41. The molecule has 1 N–H and O–H groups in total. The predicted octanol–water partition coefficient (Wildman–Crippen LogP) is 2.47. The number of ether oxygens (including phenoxy) is 1. The lowest BCUT2D eigenvalue weighted by atomic mass is 9.95. The fourth-order valence-corrected chi connectivity index (χ4v) is 3.34. The van der Waals surface area contributed by atoms with Crippen molar-refractivity contribution in [3.63, 3.8) is 0 Å². The van der Waals surface area contributed by atoms with Crippen LogP contribution in [-0.4, -0.2) is 30.0 Å². The first kappa shape index (κ1) is 16.0. The molecule has 6 nitrogen and oxygen atoms in total. The Morgan fingerprint density at radius 2 is 2.12 bits per heavy atom. The van der Waals surface area contributed by atoms with E-state index in [1.54, 1.807) is 31.2 Å². The molecule has 0 saturated carbocycles. The van der Waals surface area contributed by atoms with Crippen LogP contribution >= 0.6 is 11.3 Å². The number of nitrogens with zero attached hydrogens (tertiary/aromatic N) is 2. The molecule has 1 aliphatic heterocycles. The average Bonchev–Trinajstić information content (AvgIpc) is 3.19. The summed E-state index contributed by atoms with van der Waals surface area (Å²) in [5, 5.41) is 15.5. The number of nitriles is 1. The summed E-state index contributed by atoms with van der Waals surface area (Å²) in [6.45, 7) is 1.93. The maximum absolute atomic E-state index is 12.6. The maximum atomic E-state index is 12.6. The molecule has 3 rings (SSSR count). The second kappa shape index (κ2) is 6.34. The van der Waals surface area contributed by atoms with Gasteiger partial charge in [0.15, 0.2) is 0 Å². The zero-order valence-electron chi connectivity index (χ0n) is 13.0. The van der Waals surface area contributed by atoms with Crippen LogP contribution in [-0.2, 0) is 10.3 Å². The molecular weight excluding hydrogens is 326 g/mol. The molecule has 1 atom stereocenters. The molecule has 0 spiro atoms. The van der Waals surface area contributed by atoms with E-state index in [1.807, 2.05) is 22.9 Å². The van der Waals surface area contributed by atoms with Crippen LogP contribution in [0, 0.1) is 11.3 Å². The fourth-order valence-electron chi connectivity index (χ4n) is 2.58. The van der Waals surface area contributed by atoms with Crippen molar-refractivity contribution in [3.05, 3.63) is 52.2 Å². The smallest absolute Gasteiger partial charge is 0.325 e. The van der Waals surface area contributed by atoms with Gasteiger partial charge in [-0.1, -0.05) is 12.1 Å². The van der Waals surface area contributed by atoms with Crippen molar-refractivity contribution in [1.29, 1.82) is 5.26 Å². The summed E-state index contributed by atoms with van der Waals surface area (Å²) in [4.78, 5) is 25.9. The fraction of sp³-hybridized carbons (Fsp3) is 0.235. The first-order valence-corrected chi connectivity index (χ1v) is 8.29. The summed E-state index contributed by atoms with van der Waals surface area (Å²) in [6.07, 6.45) is 0. The number of amides is 3. The van der Waals surface area contributed by atoms with Crippen molar-refractivity contribution in [2.75, 3.05) is 13.2 Å². The highest BCUT2D eigenvalue weighted by Gasteiger charge is 2.48. The molecule has 0 aliphatic carbocycles. The van der Waals surface area contributed by atoms with Crippen LogP contribution in [0.4, 0.5) is 4.79 Å². The van der Waals surface area contributed by atoms with E-state index in [4.69, 9.17) is 10.00 Å². The van der Waals surface area contributed by atoms with Crippen LogP contribution < -0.4 is 10.1 Å². The van der Waals surface area contributed by atoms with Crippen molar-refractivity contribution in [2.45, 2.75) is 12.5 Å². The number of carbonyl (C=O) groups is 2. The van der Waals surface area contributed by atoms with Crippen molar-refractivity contribution in [3.8, 4) is 11.8 Å². The zero-order valence-corrected chi connectivity index (χ0v) is 13.8. The minimum Gasteiger partial charge on any atom is -0.490 e. The summed E-state index contributed by atoms with van der Waals surface area (Å²) in [5.41, 5.74) is 0.142. The lowest BCUT2D eigenvalue weighted by molar-refractivity contribution is -0.131. The Kier molecular flexibility index (Phi) is 4.23. The molecule has 122 valence electrons. The number of imide groups is 1. The normalized spacial score (nSPS) is 19.9. The maximum Gasteiger partial charge on any atom is 0.325 e. The molecule has 24 heavy (non-hydrogen) atoms. The zero-order chi connectivity index (χ0) is 17.2. The molecule has 1 aromatic heterocycles. The summed E-state index contributed by atoms with van der Waals surface area (Å²) < 4.78 is 5.55. The molecule has 2 heterocycles. The van der Waals surface area contributed by atoms with Gasteiger partial charge in [0, 0.05) is 0 Å². The van der Waals surface area contributed by atoms with Crippen LogP contribution in [0.1, 0.15) is 18.1 Å². The molecule has 2 aromatic rings. The van der Waals surface area contributed by atoms with E-state index in [-0.39, 0.29) is 19.1 Å². The van der Waals surface area contributed by atoms with Gasteiger partial charge in [0.25, 0.3) is 5.91 Å². The van der Waals surface area contributed by atoms with Gasteiger partial charge in [0.1, 0.15) is 24.0 Å². The predicted molar refractivity (Wildman–Crippen MR) is 88.6 cm³/mol. The Bertz CT molecular complexity index is 813. The quantitative estimate of drug-likeness (QED) is 0.847. The van der Waals surface area contributed by atoms with E-state index in [0.29, 0.717) is 11.3 Å². The lowest BCUT2D eigenvalue weighted by Gasteiger charge is -2.20. The van der Waals surface area contributed by atoms with Gasteiger partial charge in [0.05, 0.1) is 12.1 Å². The monoisotopic (exact) mass is 341 g/mol. The first-order valence-electron chi connectivity index (χ1n) is 7.35. The van der Waals surface area contributed by atoms with Gasteiger partial charge in [-0.05, 0) is 41.4 Å². The number of hydrogen-bond acceptors (Lipinski definition) is 5. The summed E-state index contributed by atoms with van der Waals surface area (Å²) in [7, 11) is 0. The van der Waals surface area contributed by atoms with Crippen molar-refractivity contribution in [2.24, 2.45) is 0 Å². The molecular formula is C17H15N3O3S. The number of urea groups is 1. The van der Waals surface area contributed by atoms with Crippen LogP contribution in [0.5, 0.6) is 5.75 Å². The Morgan fingerprint density at radius 1 is 1.33 bits per heavy atom. The van der Waals surface area contributed by atoms with Gasteiger partial charge in [-0.15, -0.1) is 0 Å². The van der Waals surface area contributed by atoms with Gasteiger partial charge in [-0.3, -0.25) is 9.69 Å². The van der Waals surface area contributed by atoms with Crippen molar-refractivity contribution >= 4 is 23.3 Å². The summed E-state index contributed by atoms with van der Waals surface area (Å²) >= 11 is 1.47. The van der Waals surface area contributed by atoms with Crippen LogP contribution in [0.25, 0.3) is 0 Å². The number of thiophene rings is 1. The van der Waals surface area contributed by atoms with Crippen LogP contribution in [0.3, 0.4) is 0 Å². The molecule has 1 aromatic carbocycles. The third-order valence-corrected chi connectivity index (χ3v) is 4.64. The number of para-hydroxylation sites is 1. The highest BCUT2D eigenvalue weighted by atomic mass is 32.1. The van der Waals surface area contributed by atoms with Gasteiger partial charge in [-0.2, -0.15) is 16.6 Å². The largest absolute Gasteiger partial charge is 0.490 e. The molecule has 1 aliphatic rings. The average molecular weight is 341 g/mol. The van der Waals surface area contributed by atoms with E-state index < -0.39 is 11.6 Å². The molecule has 1 saturated heterocycles. The number of rotatable bonds is 5. The van der Waals surface area contributed by atoms with Crippen LogP contribution in [0.2, 0.25) is 0 Å². The molecule has 7 heteroatoms. The van der Waals surface area contributed by atoms with E-state index in [0.717, 1.165) is 10.5 Å². The summed E-state index contributed by atoms with van der Waals surface area (Å²) in [6, 6.07) is 10.3. The third kappa shape index (κ3) is 2.72. The van der Waals surface area contributed by atoms with Gasteiger partial charge in [-0.25, -0.2) is 4.79 Å². The van der Waals surface area contributed by atoms with E-state index in [2.05, 4.69) is 5.32 Å². The minimum absolute atomic E-state index is 0.115. The topological polar surface area (TPSA) is 82.4 Å². The number of hydrogen-bond donors (Lipinski definition) is 1. The molecule has 0 radical (unpaired) electrons. The van der Waals surface area contributed by atoms with Gasteiger partial charge < -0.3 is 10.1 Å². The SMILES string of the molecule is C[C@@]1(c2ccsc2)NC(=O)N(CCOc2ccccc2C#N)C1=O. The van der Waals surface area contributed by atoms with Gasteiger partial charge >= 0.3 is 6.03 Å². The molecule has 0 unspecified atom stereocenters. The highest BCUT2D eigenvalue weighted by molar-refractivity contribution is 7.08. The second-order valence-corrected chi connectivity index (χ2v) is 6.26. The first-order chi connectivity index (χ1) is 11.6. The molecule has 3 amide bonds. The van der Waals surface area contributed by atoms with Crippen molar-refractivity contribution in [1.82, 2.24) is 10.2 Å². The van der Waals surface area contributed by atoms with Gasteiger partial charge in [0.2, 0.25) is 0 Å². The number of benzene rings is 1. The van der Waals surface area contributed by atoms with Crippen molar-refractivity contribution < 1.29 is 14.3 Å². The third-order valence-electron chi connectivity index (χ3n) is 3.95. The van der Waals surface area contributed by atoms with Crippen LogP contribution in [0.15, 0.2) is 41.1 Å². The highest BCUT2D eigenvalue weighted by Crippen LogP contribution is 2.30. The molecule has 1 fully saturated rings. The summed E-state index contributed by atoms with van der Waals surface area (Å²) in [5.74, 6) is 0.135. The second-order valence-electron chi connectivity index (χ2n) is 5.48. The Hall–Kier alpha value is -2.85.